The fourth-order valence-corrected chi connectivity index (χ4v) is 1.50. The average Bonchev–Trinajstić information content (AvgIpc) is 2.17. The Bertz CT molecular complexity index is 107. The minimum atomic E-state index is 0.720. The van der Waals surface area contributed by atoms with Gasteiger partial charge in [-0.2, -0.15) is 0 Å². The van der Waals surface area contributed by atoms with Crippen LogP contribution in [0.2, 0.25) is 12.6 Å². The summed E-state index contributed by atoms with van der Waals surface area (Å²) in [4.78, 5) is 0. The molecule has 0 saturated carbocycles. The van der Waals surface area contributed by atoms with Crippen LogP contribution >= 0.6 is 0 Å². The van der Waals surface area contributed by atoms with Crippen molar-refractivity contribution < 1.29 is 0 Å². The third-order valence-electron chi connectivity index (χ3n) is 2.36. The zero-order valence-electron chi connectivity index (χ0n) is 9.31. The summed E-state index contributed by atoms with van der Waals surface area (Å²) in [6.45, 7) is 9.92. The van der Waals surface area contributed by atoms with Crippen LogP contribution in [0.15, 0.2) is 12.7 Å². The van der Waals surface area contributed by atoms with Crippen LogP contribution in [0.4, 0.5) is 0 Å². The van der Waals surface area contributed by atoms with Gasteiger partial charge in [-0.1, -0.05) is 58.2 Å². The third kappa shape index (κ3) is 8.10. The summed E-state index contributed by atoms with van der Waals surface area (Å²) in [6.07, 6.45) is 9.90. The van der Waals surface area contributed by atoms with Crippen molar-refractivity contribution in [3.05, 3.63) is 12.7 Å². The van der Waals surface area contributed by atoms with E-state index in [2.05, 4.69) is 25.7 Å². The highest BCUT2D eigenvalue weighted by Crippen LogP contribution is 2.07. The maximum Gasteiger partial charge on any atom is 0.220 e. The van der Waals surface area contributed by atoms with Crippen LogP contribution in [0.5, 0.6) is 0 Å². The van der Waals surface area contributed by atoms with Crippen molar-refractivity contribution >= 4 is 6.85 Å². The Kier molecular flexibility index (Phi) is 9.67. The predicted octanol–water partition coefficient (Wildman–Crippen LogP) is 3.35. The molecule has 0 aromatic rings. The van der Waals surface area contributed by atoms with E-state index in [-0.39, 0.29) is 0 Å². The first kappa shape index (κ1) is 12.8. The molecular formula is C11H24BN. The van der Waals surface area contributed by atoms with Gasteiger partial charge in [0, 0.05) is 6.54 Å². The molecule has 0 aliphatic carbocycles. The molecule has 0 fully saturated rings. The van der Waals surface area contributed by atoms with Gasteiger partial charge in [-0.05, 0) is 0 Å². The summed E-state index contributed by atoms with van der Waals surface area (Å²) in [5.74, 6) is 0. The second-order valence-corrected chi connectivity index (χ2v) is 3.68. The molecule has 0 spiro atoms. The molecule has 0 aliphatic rings. The topological polar surface area (TPSA) is 12.0 Å². The van der Waals surface area contributed by atoms with Crippen molar-refractivity contribution in [2.75, 3.05) is 6.54 Å². The molecule has 0 bridgehead atoms. The standard InChI is InChI=1S/C11H24BN/c1-4-7-9-12(10-8-5-2)13-11-6-3/h6,13H,3-5,7-11H2,1-2H3. The van der Waals surface area contributed by atoms with Crippen LogP contribution in [0.1, 0.15) is 39.5 Å². The number of hydrogen-bond donors (Lipinski definition) is 1. The van der Waals surface area contributed by atoms with Crippen LogP contribution in [-0.4, -0.2) is 13.4 Å². The fourth-order valence-electron chi connectivity index (χ4n) is 1.50. The van der Waals surface area contributed by atoms with Gasteiger partial charge in [0.15, 0.2) is 0 Å². The molecule has 0 aromatic heterocycles. The zero-order valence-corrected chi connectivity index (χ0v) is 9.31. The second-order valence-electron chi connectivity index (χ2n) is 3.68. The molecule has 0 saturated heterocycles. The first-order chi connectivity index (χ1) is 6.35. The van der Waals surface area contributed by atoms with Crippen LogP contribution in [0.25, 0.3) is 0 Å². The fraction of sp³-hybridized carbons (Fsp3) is 0.818. The lowest BCUT2D eigenvalue weighted by molar-refractivity contribution is 0.820. The molecule has 2 heteroatoms. The molecule has 0 aliphatic heterocycles. The molecule has 0 amide bonds. The number of hydrogen-bond acceptors (Lipinski definition) is 1. The first-order valence-corrected chi connectivity index (χ1v) is 5.69. The van der Waals surface area contributed by atoms with Crippen molar-refractivity contribution in [2.24, 2.45) is 0 Å². The van der Waals surface area contributed by atoms with Gasteiger partial charge in [-0.15, -0.1) is 6.58 Å². The number of unbranched alkanes of at least 4 members (excludes halogenated alkanes) is 2. The van der Waals surface area contributed by atoms with E-state index in [0.717, 1.165) is 13.4 Å². The van der Waals surface area contributed by atoms with Gasteiger partial charge in [0.25, 0.3) is 0 Å². The van der Waals surface area contributed by atoms with E-state index in [1.807, 2.05) is 6.08 Å². The van der Waals surface area contributed by atoms with E-state index in [1.165, 1.54) is 38.3 Å². The predicted molar refractivity (Wildman–Crippen MR) is 63.4 cm³/mol. The Morgan fingerprint density at radius 2 is 1.69 bits per heavy atom. The summed E-state index contributed by atoms with van der Waals surface area (Å²) in [6, 6.07) is 0. The van der Waals surface area contributed by atoms with Crippen LogP contribution in [0.3, 0.4) is 0 Å². The lowest BCUT2D eigenvalue weighted by Crippen LogP contribution is -2.33. The van der Waals surface area contributed by atoms with E-state index < -0.39 is 0 Å². The number of rotatable bonds is 9. The van der Waals surface area contributed by atoms with Gasteiger partial charge in [0.1, 0.15) is 0 Å². The summed E-state index contributed by atoms with van der Waals surface area (Å²) in [7, 11) is 0. The van der Waals surface area contributed by atoms with Crippen molar-refractivity contribution in [2.45, 2.75) is 52.2 Å². The Morgan fingerprint density at radius 1 is 1.15 bits per heavy atom. The average molecular weight is 181 g/mol. The van der Waals surface area contributed by atoms with Crippen molar-refractivity contribution in [1.29, 1.82) is 0 Å². The normalized spacial score (nSPS) is 10.0. The van der Waals surface area contributed by atoms with Gasteiger partial charge in [0.2, 0.25) is 6.85 Å². The zero-order chi connectivity index (χ0) is 9.94. The molecule has 0 atom stereocenters. The smallest absolute Gasteiger partial charge is 0.220 e. The van der Waals surface area contributed by atoms with E-state index >= 15 is 0 Å². The van der Waals surface area contributed by atoms with Crippen molar-refractivity contribution in [3.63, 3.8) is 0 Å². The monoisotopic (exact) mass is 181 g/mol. The summed E-state index contributed by atoms with van der Waals surface area (Å²) in [5, 5.41) is 3.52. The Hall–Kier alpha value is -0.235. The van der Waals surface area contributed by atoms with Crippen LogP contribution in [-0.2, 0) is 0 Å². The quantitative estimate of drug-likeness (QED) is 0.424. The molecule has 76 valence electrons. The van der Waals surface area contributed by atoms with E-state index in [9.17, 15) is 0 Å². The molecule has 1 nitrogen and oxygen atoms in total. The first-order valence-electron chi connectivity index (χ1n) is 5.69. The van der Waals surface area contributed by atoms with Crippen LogP contribution < -0.4 is 5.23 Å². The molecule has 0 heterocycles. The highest BCUT2D eigenvalue weighted by atomic mass is 14.8. The van der Waals surface area contributed by atoms with E-state index in [4.69, 9.17) is 0 Å². The maximum absolute atomic E-state index is 3.73. The summed E-state index contributed by atoms with van der Waals surface area (Å²) in [5.41, 5.74) is 0. The maximum atomic E-state index is 3.73. The number of nitrogens with one attached hydrogen (secondary N) is 1. The van der Waals surface area contributed by atoms with Gasteiger partial charge < -0.3 is 5.23 Å². The van der Waals surface area contributed by atoms with E-state index in [1.54, 1.807) is 0 Å². The molecule has 13 heavy (non-hydrogen) atoms. The van der Waals surface area contributed by atoms with Gasteiger partial charge >= 0.3 is 0 Å². The Morgan fingerprint density at radius 3 is 2.08 bits per heavy atom. The molecule has 0 unspecified atom stereocenters. The lowest BCUT2D eigenvalue weighted by Gasteiger charge is -2.12. The molecule has 1 N–H and O–H groups in total. The van der Waals surface area contributed by atoms with Crippen molar-refractivity contribution in [3.8, 4) is 0 Å². The molecule has 0 radical (unpaired) electrons. The van der Waals surface area contributed by atoms with Gasteiger partial charge in [0.05, 0.1) is 0 Å². The van der Waals surface area contributed by atoms with Crippen molar-refractivity contribution in [1.82, 2.24) is 5.23 Å². The minimum absolute atomic E-state index is 0.720. The highest BCUT2D eigenvalue weighted by molar-refractivity contribution is 6.56. The third-order valence-corrected chi connectivity index (χ3v) is 2.36. The highest BCUT2D eigenvalue weighted by Gasteiger charge is 2.10. The largest absolute Gasteiger partial charge is 0.353 e. The lowest BCUT2D eigenvalue weighted by atomic mass is 9.54. The Balaban J connectivity index is 3.52. The minimum Gasteiger partial charge on any atom is -0.353 e. The molecule has 0 rings (SSSR count). The second kappa shape index (κ2) is 9.85. The summed E-state index contributed by atoms with van der Waals surface area (Å²) >= 11 is 0. The van der Waals surface area contributed by atoms with Crippen LogP contribution in [0, 0.1) is 0 Å². The van der Waals surface area contributed by atoms with Gasteiger partial charge in [-0.25, -0.2) is 0 Å². The Labute approximate surface area is 84.1 Å². The SMILES string of the molecule is C=CCNB(CCCC)CCCC. The molecular weight excluding hydrogens is 157 g/mol. The van der Waals surface area contributed by atoms with E-state index in [0.29, 0.717) is 0 Å². The van der Waals surface area contributed by atoms with Gasteiger partial charge in [-0.3, -0.25) is 0 Å². The summed E-state index contributed by atoms with van der Waals surface area (Å²) < 4.78 is 0. The molecule has 0 aromatic carbocycles.